The van der Waals surface area contributed by atoms with Gasteiger partial charge in [-0.3, -0.25) is 4.79 Å². The fourth-order valence-electron chi connectivity index (χ4n) is 2.69. The Morgan fingerprint density at radius 3 is 2.81 bits per heavy atom. The quantitative estimate of drug-likeness (QED) is 0.661. The maximum atomic E-state index is 12.2. The maximum Gasteiger partial charge on any atom is 0.265 e. The molecular formula is C14H22N4O2S. The van der Waals surface area contributed by atoms with E-state index in [1.54, 1.807) is 0 Å². The van der Waals surface area contributed by atoms with Gasteiger partial charge < -0.3 is 21.5 Å². The topological polar surface area (TPSA) is 100 Å². The lowest BCUT2D eigenvalue weighted by Crippen LogP contribution is -2.36. The van der Waals surface area contributed by atoms with Crippen LogP contribution in [-0.4, -0.2) is 34.7 Å². The summed E-state index contributed by atoms with van der Waals surface area (Å²) < 4.78 is 0. The minimum Gasteiger partial charge on any atom is -0.393 e. The molecule has 2 saturated carbocycles. The van der Waals surface area contributed by atoms with Crippen LogP contribution in [0.3, 0.4) is 0 Å². The van der Waals surface area contributed by atoms with Gasteiger partial charge in [-0.05, 0) is 25.7 Å². The third-order valence-corrected chi connectivity index (χ3v) is 5.16. The molecule has 2 unspecified atom stereocenters. The highest BCUT2D eigenvalue weighted by atomic mass is 32.1. The average molecular weight is 310 g/mol. The lowest BCUT2D eigenvalue weighted by molar-refractivity contribution is 0.0664. The van der Waals surface area contributed by atoms with Gasteiger partial charge in [-0.2, -0.15) is 0 Å². The van der Waals surface area contributed by atoms with Crippen LogP contribution in [0.5, 0.6) is 0 Å². The SMILES string of the molecule is Nc1nc(NC2CC2)sc1C(=O)NCC1CCCCC1O. The van der Waals surface area contributed by atoms with Gasteiger partial charge in [-0.25, -0.2) is 4.98 Å². The van der Waals surface area contributed by atoms with Crippen molar-refractivity contribution in [1.29, 1.82) is 0 Å². The van der Waals surface area contributed by atoms with Crippen molar-refractivity contribution in [3.8, 4) is 0 Å². The molecular weight excluding hydrogens is 288 g/mol. The van der Waals surface area contributed by atoms with Gasteiger partial charge in [0.15, 0.2) is 5.13 Å². The van der Waals surface area contributed by atoms with E-state index in [-0.39, 0.29) is 23.7 Å². The van der Waals surface area contributed by atoms with Crippen molar-refractivity contribution in [2.75, 3.05) is 17.6 Å². The molecule has 1 aromatic rings. The predicted molar refractivity (Wildman–Crippen MR) is 83.5 cm³/mol. The Balaban J connectivity index is 1.55. The molecule has 0 aliphatic heterocycles. The molecule has 2 atom stereocenters. The van der Waals surface area contributed by atoms with Gasteiger partial charge in [0.05, 0.1) is 6.10 Å². The number of anilines is 2. The van der Waals surface area contributed by atoms with E-state index in [4.69, 9.17) is 5.73 Å². The van der Waals surface area contributed by atoms with E-state index >= 15 is 0 Å². The van der Waals surface area contributed by atoms with E-state index in [1.165, 1.54) is 11.3 Å². The number of aliphatic hydroxyl groups excluding tert-OH is 1. The maximum absolute atomic E-state index is 12.2. The van der Waals surface area contributed by atoms with Gasteiger partial charge >= 0.3 is 0 Å². The van der Waals surface area contributed by atoms with Crippen LogP contribution >= 0.6 is 11.3 Å². The van der Waals surface area contributed by atoms with Gasteiger partial charge in [-0.1, -0.05) is 24.2 Å². The van der Waals surface area contributed by atoms with Crippen molar-refractivity contribution in [3.63, 3.8) is 0 Å². The van der Waals surface area contributed by atoms with E-state index in [0.29, 0.717) is 17.5 Å². The molecule has 1 aromatic heterocycles. The molecule has 1 amide bonds. The fourth-order valence-corrected chi connectivity index (χ4v) is 3.57. The molecule has 3 rings (SSSR count). The van der Waals surface area contributed by atoms with E-state index < -0.39 is 0 Å². The third kappa shape index (κ3) is 3.65. The highest BCUT2D eigenvalue weighted by Gasteiger charge is 2.26. The smallest absolute Gasteiger partial charge is 0.265 e. The van der Waals surface area contributed by atoms with E-state index in [9.17, 15) is 9.90 Å². The van der Waals surface area contributed by atoms with Crippen LogP contribution in [0.25, 0.3) is 0 Å². The highest BCUT2D eigenvalue weighted by Crippen LogP contribution is 2.30. The van der Waals surface area contributed by atoms with Crippen LogP contribution in [0.2, 0.25) is 0 Å². The molecule has 0 radical (unpaired) electrons. The predicted octanol–water partition coefficient (Wildman–Crippen LogP) is 1.58. The lowest BCUT2D eigenvalue weighted by Gasteiger charge is -2.27. The first kappa shape index (κ1) is 14.6. The largest absolute Gasteiger partial charge is 0.393 e. The van der Waals surface area contributed by atoms with Crippen molar-refractivity contribution in [2.45, 2.75) is 50.7 Å². The molecule has 5 N–H and O–H groups in total. The number of nitrogens with one attached hydrogen (secondary N) is 2. The Hall–Kier alpha value is -1.34. The number of rotatable bonds is 5. The van der Waals surface area contributed by atoms with Crippen LogP contribution < -0.4 is 16.4 Å². The summed E-state index contributed by atoms with van der Waals surface area (Å²) in [6.45, 7) is 0.503. The summed E-state index contributed by atoms with van der Waals surface area (Å²) >= 11 is 1.30. The second-order valence-corrected chi connectivity index (χ2v) is 6.97. The van der Waals surface area contributed by atoms with Crippen LogP contribution in [0.4, 0.5) is 10.9 Å². The number of nitrogens with zero attached hydrogens (tertiary/aromatic N) is 1. The molecule has 2 aliphatic rings. The first-order chi connectivity index (χ1) is 10.1. The van der Waals surface area contributed by atoms with E-state index in [2.05, 4.69) is 15.6 Å². The van der Waals surface area contributed by atoms with E-state index in [1.807, 2.05) is 0 Å². The highest BCUT2D eigenvalue weighted by molar-refractivity contribution is 7.18. The molecule has 21 heavy (non-hydrogen) atoms. The summed E-state index contributed by atoms with van der Waals surface area (Å²) in [5, 5.41) is 16.8. The van der Waals surface area contributed by atoms with Gasteiger partial charge in [0.2, 0.25) is 0 Å². The Labute approximate surface area is 128 Å². The average Bonchev–Trinajstić information content (AvgIpc) is 3.19. The zero-order chi connectivity index (χ0) is 14.8. The van der Waals surface area contributed by atoms with Gasteiger partial charge in [0, 0.05) is 18.5 Å². The third-order valence-electron chi connectivity index (χ3n) is 4.16. The molecule has 0 aromatic carbocycles. The number of hydrogen-bond acceptors (Lipinski definition) is 6. The molecule has 0 spiro atoms. The molecule has 1 heterocycles. The summed E-state index contributed by atoms with van der Waals surface area (Å²) in [4.78, 5) is 16.9. The van der Waals surface area contributed by atoms with Gasteiger partial charge in [0.25, 0.3) is 5.91 Å². The second kappa shape index (κ2) is 6.19. The van der Waals surface area contributed by atoms with Gasteiger partial charge in [0.1, 0.15) is 10.7 Å². The van der Waals surface area contributed by atoms with Gasteiger partial charge in [-0.15, -0.1) is 0 Å². The zero-order valence-corrected chi connectivity index (χ0v) is 12.8. The Kier molecular flexibility index (Phi) is 4.30. The number of carbonyl (C=O) groups is 1. The minimum atomic E-state index is -0.301. The number of aromatic nitrogens is 1. The van der Waals surface area contributed by atoms with Crippen molar-refractivity contribution in [1.82, 2.24) is 10.3 Å². The molecule has 2 aliphatic carbocycles. The summed E-state index contributed by atoms with van der Waals surface area (Å²) in [5.74, 6) is 0.248. The summed E-state index contributed by atoms with van der Waals surface area (Å²) in [6.07, 6.45) is 6.00. The van der Waals surface area contributed by atoms with E-state index in [0.717, 1.165) is 43.7 Å². The number of carbonyl (C=O) groups excluding carboxylic acids is 1. The van der Waals surface area contributed by atoms with Crippen molar-refractivity contribution >= 4 is 28.2 Å². The first-order valence-electron chi connectivity index (χ1n) is 7.62. The fraction of sp³-hybridized carbons (Fsp3) is 0.714. The Morgan fingerprint density at radius 1 is 1.33 bits per heavy atom. The zero-order valence-electron chi connectivity index (χ0n) is 12.0. The number of nitrogen functional groups attached to an aromatic ring is 1. The number of aliphatic hydroxyl groups is 1. The monoisotopic (exact) mass is 310 g/mol. The molecule has 0 bridgehead atoms. The second-order valence-electron chi connectivity index (χ2n) is 5.97. The molecule has 6 nitrogen and oxygen atoms in total. The van der Waals surface area contributed by atoms with Crippen LogP contribution in [0, 0.1) is 5.92 Å². The normalized spacial score (nSPS) is 25.6. The number of amides is 1. The summed E-state index contributed by atoms with van der Waals surface area (Å²) in [5.41, 5.74) is 5.82. The Bertz CT molecular complexity index is 515. The minimum absolute atomic E-state index is 0.154. The lowest BCUT2D eigenvalue weighted by atomic mass is 9.86. The standard InChI is InChI=1S/C14H22N4O2S/c15-12-11(21-14(18-12)17-9-5-6-9)13(20)16-7-8-3-1-2-4-10(8)19/h8-10,19H,1-7,15H2,(H,16,20)(H,17,18). The molecule has 116 valence electrons. The number of nitrogens with two attached hydrogens (primary N) is 1. The van der Waals surface area contributed by atoms with Crippen molar-refractivity contribution in [2.24, 2.45) is 5.92 Å². The van der Waals surface area contributed by atoms with Crippen LogP contribution in [0.1, 0.15) is 48.2 Å². The number of hydrogen-bond donors (Lipinski definition) is 4. The molecule has 7 heteroatoms. The molecule has 0 saturated heterocycles. The first-order valence-corrected chi connectivity index (χ1v) is 8.44. The molecule has 2 fully saturated rings. The van der Waals surface area contributed by atoms with Crippen LogP contribution in [0.15, 0.2) is 0 Å². The van der Waals surface area contributed by atoms with Crippen LogP contribution in [-0.2, 0) is 0 Å². The number of thiazole rings is 1. The van der Waals surface area contributed by atoms with Crippen molar-refractivity contribution < 1.29 is 9.90 Å². The Morgan fingerprint density at radius 2 is 2.10 bits per heavy atom. The summed E-state index contributed by atoms with van der Waals surface area (Å²) in [7, 11) is 0. The van der Waals surface area contributed by atoms with Crippen molar-refractivity contribution in [3.05, 3.63) is 4.88 Å². The summed E-state index contributed by atoms with van der Waals surface area (Å²) in [6, 6.07) is 0.490.